The molecule has 0 bridgehead atoms. The number of nitrogens with zero attached hydrogens (tertiary/aromatic N) is 1. The number of amides is 1. The molecule has 0 atom stereocenters. The zero-order chi connectivity index (χ0) is 9.61. The van der Waals surface area contributed by atoms with E-state index in [0.717, 1.165) is 0 Å². The van der Waals surface area contributed by atoms with Crippen molar-refractivity contribution < 1.29 is 13.2 Å². The minimum atomic E-state index is -3.24. The van der Waals surface area contributed by atoms with Crippen molar-refractivity contribution in [1.29, 1.82) is 0 Å². The first-order valence-corrected chi connectivity index (χ1v) is 5.24. The molecule has 0 rings (SSSR count). The van der Waals surface area contributed by atoms with Gasteiger partial charge in [0.2, 0.25) is 15.9 Å². The average molecular weight is 193 g/mol. The van der Waals surface area contributed by atoms with Gasteiger partial charge in [0.1, 0.15) is 0 Å². The van der Waals surface area contributed by atoms with E-state index in [1.807, 2.05) is 0 Å². The number of nitrogens with one attached hydrogen (secondary N) is 1. The average Bonchev–Trinajstić information content (AvgIpc) is 1.98. The zero-order valence-corrected chi connectivity index (χ0v) is 8.02. The van der Waals surface area contributed by atoms with Gasteiger partial charge in [-0.25, -0.2) is 8.42 Å². The van der Waals surface area contributed by atoms with E-state index < -0.39 is 10.0 Å². The lowest BCUT2D eigenvalue weighted by atomic mass is 10.6. The molecule has 0 fully saturated rings. The molecule has 0 aliphatic carbocycles. The Bertz CT molecular complexity index is 235. The molecule has 71 valence electrons. The lowest BCUT2D eigenvalue weighted by Gasteiger charge is -2.01. The first-order chi connectivity index (χ1) is 5.48. The van der Waals surface area contributed by atoms with E-state index >= 15 is 0 Å². The molecule has 5 nitrogen and oxygen atoms in total. The summed E-state index contributed by atoms with van der Waals surface area (Å²) in [6.07, 6.45) is 0. The van der Waals surface area contributed by atoms with Gasteiger partial charge in [-0.05, 0) is 6.92 Å². The molecule has 1 amide bonds. The Hall–Kier alpha value is -0.620. The fraction of sp³-hybridized carbons (Fsp3) is 0.833. The summed E-state index contributed by atoms with van der Waals surface area (Å²) in [6.45, 7) is 3.29. The maximum absolute atomic E-state index is 10.8. The van der Waals surface area contributed by atoms with Crippen LogP contribution in [0.4, 0.5) is 0 Å². The summed E-state index contributed by atoms with van der Waals surface area (Å²) in [5.74, 6) is -0.174. The second kappa shape index (κ2) is 5.10. The van der Waals surface area contributed by atoms with Gasteiger partial charge in [-0.15, -0.1) is 4.72 Å². The Kier molecular flexibility index (Phi) is 4.84. The first kappa shape index (κ1) is 11.4. The van der Waals surface area contributed by atoms with E-state index in [9.17, 15) is 13.2 Å². The number of carbonyl (C=O) groups excluding carboxylic acids is 1. The molecule has 0 spiro atoms. The molecule has 0 heterocycles. The highest BCUT2D eigenvalue weighted by atomic mass is 32.2. The maximum atomic E-state index is 10.8. The van der Waals surface area contributed by atoms with Crippen molar-refractivity contribution in [2.24, 2.45) is 0 Å². The third-order valence-electron chi connectivity index (χ3n) is 1.14. The van der Waals surface area contributed by atoms with Crippen LogP contribution < -0.4 is 10.0 Å². The molecule has 6 heteroatoms. The fourth-order valence-electron chi connectivity index (χ4n) is 0.508. The second-order valence-corrected chi connectivity index (χ2v) is 4.21. The summed E-state index contributed by atoms with van der Waals surface area (Å²) in [4.78, 5) is 10.3. The minimum Gasteiger partial charge on any atom is -0.355 e. The van der Waals surface area contributed by atoms with Crippen LogP contribution in [0.3, 0.4) is 0 Å². The zero-order valence-electron chi connectivity index (χ0n) is 7.20. The van der Waals surface area contributed by atoms with Gasteiger partial charge in [-0.1, -0.05) is 0 Å². The molecule has 0 aliphatic rings. The smallest absolute Gasteiger partial charge is 0.227 e. The van der Waals surface area contributed by atoms with Gasteiger partial charge in [0.15, 0.2) is 0 Å². The van der Waals surface area contributed by atoms with Gasteiger partial charge >= 0.3 is 0 Å². The SMILES string of the molecule is CCS(=O)(=O)[N]CCNC(C)=O. The molecule has 12 heavy (non-hydrogen) atoms. The third kappa shape index (κ3) is 6.11. The van der Waals surface area contributed by atoms with Crippen molar-refractivity contribution >= 4 is 15.9 Å². The Morgan fingerprint density at radius 1 is 1.50 bits per heavy atom. The predicted molar refractivity (Wildman–Crippen MR) is 45.1 cm³/mol. The van der Waals surface area contributed by atoms with Crippen LogP contribution in [0.15, 0.2) is 0 Å². The topological polar surface area (TPSA) is 77.3 Å². The molecular formula is C6H13N2O3S. The van der Waals surface area contributed by atoms with E-state index in [-0.39, 0.29) is 24.7 Å². The molecule has 0 aromatic heterocycles. The number of rotatable bonds is 5. The highest BCUT2D eigenvalue weighted by molar-refractivity contribution is 7.89. The van der Waals surface area contributed by atoms with Gasteiger partial charge < -0.3 is 5.32 Å². The number of hydrogen-bond donors (Lipinski definition) is 1. The van der Waals surface area contributed by atoms with Crippen molar-refractivity contribution in [3.8, 4) is 0 Å². The van der Waals surface area contributed by atoms with E-state index in [2.05, 4.69) is 10.0 Å². The summed E-state index contributed by atoms with van der Waals surface area (Å²) in [7, 11) is -3.24. The standard InChI is InChI=1S/C6H13N2O3S/c1-3-12(10,11)8-5-4-7-6(2)9/h3-5H2,1-2H3,(H,7,9). The molecule has 0 unspecified atom stereocenters. The van der Waals surface area contributed by atoms with Crippen LogP contribution in [0.5, 0.6) is 0 Å². The predicted octanol–water partition coefficient (Wildman–Crippen LogP) is -0.923. The van der Waals surface area contributed by atoms with Crippen LogP contribution in [0, 0.1) is 0 Å². The highest BCUT2D eigenvalue weighted by Gasteiger charge is 2.06. The Balaban J connectivity index is 3.51. The summed E-state index contributed by atoms with van der Waals surface area (Å²) < 4.78 is 24.9. The first-order valence-electron chi connectivity index (χ1n) is 3.64. The minimum absolute atomic E-state index is 0.00702. The molecule has 1 radical (unpaired) electrons. The van der Waals surface area contributed by atoms with Crippen LogP contribution in [-0.4, -0.2) is 33.2 Å². The van der Waals surface area contributed by atoms with Crippen molar-refractivity contribution in [2.75, 3.05) is 18.8 Å². The largest absolute Gasteiger partial charge is 0.355 e. The Morgan fingerprint density at radius 3 is 2.50 bits per heavy atom. The lowest BCUT2D eigenvalue weighted by Crippen LogP contribution is -2.30. The quantitative estimate of drug-likeness (QED) is 0.573. The fourth-order valence-corrected chi connectivity index (χ4v) is 1.06. The second-order valence-electron chi connectivity index (χ2n) is 2.21. The lowest BCUT2D eigenvalue weighted by molar-refractivity contribution is -0.118. The van der Waals surface area contributed by atoms with Crippen LogP contribution in [-0.2, 0) is 14.8 Å². The number of hydrogen-bond acceptors (Lipinski definition) is 3. The number of sulfonamides is 1. The van der Waals surface area contributed by atoms with Gasteiger partial charge in [-0.3, -0.25) is 4.79 Å². The van der Waals surface area contributed by atoms with Gasteiger partial charge in [0, 0.05) is 20.0 Å². The highest BCUT2D eigenvalue weighted by Crippen LogP contribution is 1.82. The van der Waals surface area contributed by atoms with Crippen molar-refractivity contribution in [3.63, 3.8) is 0 Å². The van der Waals surface area contributed by atoms with Crippen molar-refractivity contribution in [2.45, 2.75) is 13.8 Å². The van der Waals surface area contributed by atoms with Crippen LogP contribution in [0.25, 0.3) is 0 Å². The normalized spacial score (nSPS) is 11.2. The maximum Gasteiger partial charge on any atom is 0.227 e. The van der Waals surface area contributed by atoms with Crippen molar-refractivity contribution in [1.82, 2.24) is 10.0 Å². The molecule has 0 aliphatic heterocycles. The summed E-state index contributed by atoms with van der Waals surface area (Å²) in [5, 5.41) is 2.45. The third-order valence-corrected chi connectivity index (χ3v) is 2.44. The molecule has 0 saturated heterocycles. The van der Waals surface area contributed by atoms with Gasteiger partial charge in [0.05, 0.1) is 5.75 Å². The molecule has 0 aromatic rings. The van der Waals surface area contributed by atoms with E-state index in [4.69, 9.17) is 0 Å². The monoisotopic (exact) mass is 193 g/mol. The Morgan fingerprint density at radius 2 is 2.08 bits per heavy atom. The van der Waals surface area contributed by atoms with Gasteiger partial charge in [-0.2, -0.15) is 0 Å². The summed E-state index contributed by atoms with van der Waals surface area (Å²) >= 11 is 0. The van der Waals surface area contributed by atoms with Crippen LogP contribution in [0.2, 0.25) is 0 Å². The van der Waals surface area contributed by atoms with E-state index in [0.29, 0.717) is 0 Å². The summed E-state index contributed by atoms with van der Waals surface area (Å²) in [6, 6.07) is 0. The van der Waals surface area contributed by atoms with E-state index in [1.165, 1.54) is 13.8 Å². The van der Waals surface area contributed by atoms with Crippen LogP contribution >= 0.6 is 0 Å². The summed E-state index contributed by atoms with van der Waals surface area (Å²) in [5.41, 5.74) is 0. The molecule has 0 aromatic carbocycles. The molecule has 1 N–H and O–H groups in total. The Labute approximate surface area is 72.6 Å². The molecular weight excluding hydrogens is 180 g/mol. The van der Waals surface area contributed by atoms with Gasteiger partial charge in [0.25, 0.3) is 0 Å². The van der Waals surface area contributed by atoms with Crippen molar-refractivity contribution in [3.05, 3.63) is 0 Å². The van der Waals surface area contributed by atoms with E-state index in [1.54, 1.807) is 0 Å². The van der Waals surface area contributed by atoms with Crippen LogP contribution in [0.1, 0.15) is 13.8 Å². The number of carbonyl (C=O) groups is 1. The molecule has 0 saturated carbocycles.